The smallest absolute Gasteiger partial charge is 0.123 e. The first-order valence-electron chi connectivity index (χ1n) is 15.9. The molecule has 0 saturated carbocycles. The molecule has 0 bridgehead atoms. The molecule has 2 heterocycles. The van der Waals surface area contributed by atoms with Gasteiger partial charge >= 0.3 is 0 Å². The molecule has 0 fully saturated rings. The number of benzene rings is 4. The predicted molar refractivity (Wildman–Crippen MR) is 189 cm³/mol. The minimum Gasteiger partial charge on any atom is -0.304 e. The van der Waals surface area contributed by atoms with E-state index < -0.39 is 0 Å². The zero-order chi connectivity index (χ0) is 32.9. The molecular formula is C43H41FIrN2-2. The van der Waals surface area contributed by atoms with Gasteiger partial charge in [-0.15, -0.1) is 71.3 Å². The zero-order valence-corrected chi connectivity index (χ0v) is 30.8. The van der Waals surface area contributed by atoms with Gasteiger partial charge in [-0.3, -0.25) is 0 Å². The standard InChI is InChI=1S/C24H17FN.C19H24N.Ir/c1-24(2)21-18(11-9-15-8-10-17(25)14-20(15)21)19-12-13-26-23(22(19)24)16-6-4-3-5-7-16;1-18(2,3)15-9-7-14(8-10-15)17-12-11-16(13-20-17)19(4,5)6;/h3-6,8-14H,1-2H3;7,9-13H,1-6H3;/q2*-1;. The van der Waals surface area contributed by atoms with Crippen molar-refractivity contribution in [1.82, 2.24) is 9.97 Å². The van der Waals surface area contributed by atoms with Crippen LogP contribution in [0.3, 0.4) is 0 Å². The summed E-state index contributed by atoms with van der Waals surface area (Å²) in [5.74, 6) is -0.201. The molecule has 0 aliphatic heterocycles. The number of rotatable bonds is 2. The molecule has 1 aliphatic carbocycles. The summed E-state index contributed by atoms with van der Waals surface area (Å²) in [4.78, 5) is 9.27. The number of hydrogen-bond donors (Lipinski definition) is 0. The maximum atomic E-state index is 14.0. The molecule has 1 radical (unpaired) electrons. The van der Waals surface area contributed by atoms with Crippen LogP contribution in [0.1, 0.15) is 77.6 Å². The van der Waals surface area contributed by atoms with Crippen LogP contribution in [0.4, 0.5) is 4.39 Å². The van der Waals surface area contributed by atoms with Gasteiger partial charge in [-0.25, -0.2) is 4.39 Å². The first-order valence-corrected chi connectivity index (χ1v) is 15.9. The monoisotopic (exact) mass is 797 g/mol. The van der Waals surface area contributed by atoms with Gasteiger partial charge in [-0.2, -0.15) is 0 Å². The molecule has 241 valence electrons. The fraction of sp³-hybridized carbons (Fsp3) is 0.256. The summed E-state index contributed by atoms with van der Waals surface area (Å²) in [5, 5.41) is 2.04. The van der Waals surface area contributed by atoms with Crippen molar-refractivity contribution in [1.29, 1.82) is 0 Å². The van der Waals surface area contributed by atoms with Crippen molar-refractivity contribution in [2.24, 2.45) is 0 Å². The van der Waals surface area contributed by atoms with Crippen molar-refractivity contribution in [2.45, 2.75) is 71.6 Å². The van der Waals surface area contributed by atoms with Crippen LogP contribution < -0.4 is 0 Å². The third-order valence-electron chi connectivity index (χ3n) is 9.02. The van der Waals surface area contributed by atoms with E-state index in [1.54, 1.807) is 6.07 Å². The molecule has 2 nitrogen and oxygen atoms in total. The molecule has 0 amide bonds. The summed E-state index contributed by atoms with van der Waals surface area (Å²) in [6.07, 6.45) is 3.83. The fourth-order valence-electron chi connectivity index (χ4n) is 6.43. The molecule has 0 saturated heterocycles. The van der Waals surface area contributed by atoms with Gasteiger partial charge in [0.15, 0.2) is 0 Å². The first-order chi connectivity index (χ1) is 21.7. The van der Waals surface area contributed by atoms with E-state index in [-0.39, 0.29) is 42.2 Å². The summed E-state index contributed by atoms with van der Waals surface area (Å²) < 4.78 is 14.0. The minimum absolute atomic E-state index is 0. The number of hydrogen-bond acceptors (Lipinski definition) is 2. The zero-order valence-electron chi connectivity index (χ0n) is 28.4. The van der Waals surface area contributed by atoms with Gasteiger partial charge in [-0.05, 0) is 79.0 Å². The Morgan fingerprint density at radius 3 is 2.00 bits per heavy atom. The van der Waals surface area contributed by atoms with Gasteiger partial charge in [0.2, 0.25) is 0 Å². The Morgan fingerprint density at radius 1 is 0.681 bits per heavy atom. The van der Waals surface area contributed by atoms with Crippen LogP contribution in [0.15, 0.2) is 103 Å². The quantitative estimate of drug-likeness (QED) is 0.163. The Kier molecular flexibility index (Phi) is 9.43. The average Bonchev–Trinajstić information content (AvgIpc) is 3.28. The van der Waals surface area contributed by atoms with Gasteiger partial charge in [0, 0.05) is 37.9 Å². The summed E-state index contributed by atoms with van der Waals surface area (Å²) in [6, 6.07) is 36.5. The van der Waals surface area contributed by atoms with E-state index in [1.807, 2.05) is 42.7 Å². The molecule has 0 N–H and O–H groups in total. The van der Waals surface area contributed by atoms with Crippen LogP contribution >= 0.6 is 0 Å². The van der Waals surface area contributed by atoms with Crippen molar-refractivity contribution in [3.05, 3.63) is 144 Å². The molecule has 0 unspecified atom stereocenters. The van der Waals surface area contributed by atoms with Crippen LogP contribution in [-0.4, -0.2) is 9.97 Å². The molecule has 7 rings (SSSR count). The van der Waals surface area contributed by atoms with E-state index >= 15 is 0 Å². The number of nitrogens with zero attached hydrogens (tertiary/aromatic N) is 2. The second kappa shape index (κ2) is 12.9. The van der Waals surface area contributed by atoms with E-state index in [4.69, 9.17) is 4.98 Å². The van der Waals surface area contributed by atoms with Crippen LogP contribution in [0.2, 0.25) is 0 Å². The maximum Gasteiger partial charge on any atom is 0.123 e. The fourth-order valence-corrected chi connectivity index (χ4v) is 6.43. The van der Waals surface area contributed by atoms with E-state index in [1.165, 1.54) is 39.4 Å². The summed E-state index contributed by atoms with van der Waals surface area (Å²) in [5.41, 5.74) is 11.3. The molecule has 0 spiro atoms. The van der Waals surface area contributed by atoms with Gasteiger partial charge in [-0.1, -0.05) is 85.7 Å². The second-order valence-electron chi connectivity index (χ2n) is 14.8. The molecule has 4 heteroatoms. The molecule has 1 aliphatic rings. The van der Waals surface area contributed by atoms with Gasteiger partial charge in [0.05, 0.1) is 0 Å². The third kappa shape index (κ3) is 6.73. The molecule has 0 atom stereocenters. The van der Waals surface area contributed by atoms with Crippen molar-refractivity contribution in [3.63, 3.8) is 0 Å². The van der Waals surface area contributed by atoms with Crippen molar-refractivity contribution < 1.29 is 24.5 Å². The topological polar surface area (TPSA) is 25.8 Å². The number of halogens is 1. The Hall–Kier alpha value is -3.98. The maximum absolute atomic E-state index is 14.0. The SMILES string of the molecule is CC(C)(C)c1c[c-]c(-c2ccc(C(C)(C)C)cn2)cc1.CC1(C)c2c(ccnc2-c2[c-]cccc2)-c2ccc3ccc(F)cc3c21.[Ir]. The van der Waals surface area contributed by atoms with Gasteiger partial charge < -0.3 is 9.97 Å². The van der Waals surface area contributed by atoms with Gasteiger partial charge in [0.25, 0.3) is 0 Å². The van der Waals surface area contributed by atoms with Crippen LogP contribution in [-0.2, 0) is 36.4 Å². The van der Waals surface area contributed by atoms with E-state index in [2.05, 4.69) is 121 Å². The van der Waals surface area contributed by atoms with Crippen molar-refractivity contribution >= 4 is 10.8 Å². The van der Waals surface area contributed by atoms with Crippen LogP contribution in [0.5, 0.6) is 0 Å². The van der Waals surface area contributed by atoms with Crippen molar-refractivity contribution in [2.75, 3.05) is 0 Å². The average molecular weight is 797 g/mol. The van der Waals surface area contributed by atoms with Crippen LogP contribution in [0, 0.1) is 17.9 Å². The Bertz CT molecular complexity index is 1960. The van der Waals surface area contributed by atoms with Gasteiger partial charge in [0.1, 0.15) is 5.82 Å². The molecule has 4 aromatic carbocycles. The third-order valence-corrected chi connectivity index (χ3v) is 9.02. The largest absolute Gasteiger partial charge is 0.304 e. The minimum atomic E-state index is -0.273. The van der Waals surface area contributed by atoms with Crippen LogP contribution in [0.25, 0.3) is 44.4 Å². The number of aromatic nitrogens is 2. The first kappa shape index (κ1) is 34.4. The molecule has 47 heavy (non-hydrogen) atoms. The predicted octanol–water partition coefficient (Wildman–Crippen LogP) is 11.3. The molecule has 6 aromatic rings. The summed E-state index contributed by atoms with van der Waals surface area (Å²) >= 11 is 0. The Labute approximate surface area is 292 Å². The normalized spacial score (nSPS) is 13.2. The number of pyridine rings is 2. The Balaban J connectivity index is 0.000000188. The van der Waals surface area contributed by atoms with Crippen molar-refractivity contribution in [3.8, 4) is 33.6 Å². The van der Waals surface area contributed by atoms with E-state index in [9.17, 15) is 4.39 Å². The Morgan fingerprint density at radius 2 is 1.38 bits per heavy atom. The molecular weight excluding hydrogens is 756 g/mol. The molecule has 2 aromatic heterocycles. The van der Waals surface area contributed by atoms with E-state index in [0.717, 1.165) is 33.3 Å². The summed E-state index contributed by atoms with van der Waals surface area (Å²) in [7, 11) is 0. The second-order valence-corrected chi connectivity index (χ2v) is 14.8. The van der Waals surface area contributed by atoms with E-state index in [0.29, 0.717) is 0 Å². The number of fused-ring (bicyclic) bond motifs is 5. The summed E-state index contributed by atoms with van der Waals surface area (Å²) in [6.45, 7) is 17.7.